The lowest BCUT2D eigenvalue weighted by molar-refractivity contribution is 0.171. The smallest absolute Gasteiger partial charge is 0.406 e. The average Bonchev–Trinajstić information content (AvgIpc) is 2.04. The molecule has 1 N–H and O–H groups in total. The number of amides is 1. The van der Waals surface area contributed by atoms with Crippen LogP contribution >= 0.6 is 24.0 Å². The van der Waals surface area contributed by atoms with Crippen molar-refractivity contribution in [3.05, 3.63) is 0 Å². The number of ether oxygens (including phenoxy) is 1. The number of carbonyl (C=O) groups excluding carboxylic acids is 1. The molecule has 1 amide bonds. The van der Waals surface area contributed by atoms with E-state index in [4.69, 9.17) is 12.2 Å². The Kier molecular flexibility index (Phi) is 6.25. The molecule has 11 heavy (non-hydrogen) atoms. The van der Waals surface area contributed by atoms with Crippen LogP contribution in [0.15, 0.2) is 0 Å². The molecule has 0 atom stereocenters. The molecule has 0 fully saturated rings. The van der Waals surface area contributed by atoms with E-state index in [1.54, 1.807) is 0 Å². The first-order valence-electron chi connectivity index (χ1n) is 3.09. The zero-order chi connectivity index (χ0) is 8.69. The molecule has 3 nitrogen and oxygen atoms in total. The maximum Gasteiger partial charge on any atom is 0.406 e. The lowest BCUT2D eigenvalue weighted by atomic mass is 10.5. The Morgan fingerprint density at radius 3 is 2.82 bits per heavy atom. The lowest BCUT2D eigenvalue weighted by Crippen LogP contribution is -2.24. The summed E-state index contributed by atoms with van der Waals surface area (Å²) in [6, 6.07) is 0. The summed E-state index contributed by atoms with van der Waals surface area (Å²) in [4.78, 5) is 10.5. The van der Waals surface area contributed by atoms with Crippen molar-refractivity contribution in [3.63, 3.8) is 0 Å². The van der Waals surface area contributed by atoms with E-state index < -0.39 is 6.09 Å². The summed E-state index contributed by atoms with van der Waals surface area (Å²) < 4.78 is 5.26. The minimum absolute atomic E-state index is 0.408. The number of carbonyl (C=O) groups is 1. The van der Waals surface area contributed by atoms with Gasteiger partial charge in [-0.1, -0.05) is 12.2 Å². The SMILES string of the molecule is COC(=O)NCCC(=S)SC. The third kappa shape index (κ3) is 6.12. The third-order valence-electron chi connectivity index (χ3n) is 1.01. The van der Waals surface area contributed by atoms with Crippen molar-refractivity contribution in [1.82, 2.24) is 5.32 Å². The van der Waals surface area contributed by atoms with Gasteiger partial charge in [0, 0.05) is 17.2 Å². The summed E-state index contributed by atoms with van der Waals surface area (Å²) in [5.74, 6) is 0. The molecular weight excluding hydrogens is 182 g/mol. The molecule has 0 saturated carbocycles. The molecule has 0 radical (unpaired) electrons. The van der Waals surface area contributed by atoms with Crippen LogP contribution < -0.4 is 5.32 Å². The maximum atomic E-state index is 10.5. The zero-order valence-corrected chi connectivity index (χ0v) is 8.18. The van der Waals surface area contributed by atoms with Crippen LogP contribution in [0.3, 0.4) is 0 Å². The Bertz CT molecular complexity index is 134. The van der Waals surface area contributed by atoms with Gasteiger partial charge in [0.1, 0.15) is 0 Å². The van der Waals surface area contributed by atoms with Crippen LogP contribution in [0.1, 0.15) is 6.42 Å². The highest BCUT2D eigenvalue weighted by molar-refractivity contribution is 8.22. The van der Waals surface area contributed by atoms with Crippen LogP contribution in [-0.4, -0.2) is 30.2 Å². The lowest BCUT2D eigenvalue weighted by Gasteiger charge is -2.02. The van der Waals surface area contributed by atoms with Crippen molar-refractivity contribution in [2.75, 3.05) is 19.9 Å². The summed E-state index contributed by atoms with van der Waals surface area (Å²) in [7, 11) is 1.34. The van der Waals surface area contributed by atoms with Crippen LogP contribution in [0.4, 0.5) is 4.79 Å². The normalized spacial score (nSPS) is 8.91. The Hall–Kier alpha value is -0.290. The molecule has 0 aliphatic heterocycles. The van der Waals surface area contributed by atoms with Crippen LogP contribution in [0.5, 0.6) is 0 Å². The molecular formula is C6H11NO2S2. The van der Waals surface area contributed by atoms with E-state index in [9.17, 15) is 4.79 Å². The Labute approximate surface area is 75.9 Å². The fraction of sp³-hybridized carbons (Fsp3) is 0.667. The highest BCUT2D eigenvalue weighted by atomic mass is 32.2. The molecule has 5 heteroatoms. The fourth-order valence-electron chi connectivity index (χ4n) is 0.441. The number of nitrogens with one attached hydrogen (secondary N) is 1. The summed E-state index contributed by atoms with van der Waals surface area (Å²) in [5.41, 5.74) is 0. The van der Waals surface area contributed by atoms with E-state index in [0.717, 1.165) is 4.20 Å². The largest absolute Gasteiger partial charge is 0.453 e. The highest BCUT2D eigenvalue weighted by Crippen LogP contribution is 2.00. The van der Waals surface area contributed by atoms with Gasteiger partial charge in [0.15, 0.2) is 0 Å². The van der Waals surface area contributed by atoms with E-state index >= 15 is 0 Å². The summed E-state index contributed by atoms with van der Waals surface area (Å²) in [5, 5.41) is 2.54. The number of hydrogen-bond acceptors (Lipinski definition) is 4. The first-order valence-corrected chi connectivity index (χ1v) is 4.72. The topological polar surface area (TPSA) is 38.3 Å². The van der Waals surface area contributed by atoms with Gasteiger partial charge < -0.3 is 10.1 Å². The number of thioether (sulfide) groups is 1. The van der Waals surface area contributed by atoms with Crippen molar-refractivity contribution < 1.29 is 9.53 Å². The molecule has 0 saturated heterocycles. The number of alkyl carbamates (subject to hydrolysis) is 1. The van der Waals surface area contributed by atoms with Crippen molar-refractivity contribution in [2.45, 2.75) is 6.42 Å². The van der Waals surface area contributed by atoms with Gasteiger partial charge in [-0.15, -0.1) is 11.8 Å². The van der Waals surface area contributed by atoms with Crippen LogP contribution in [0.2, 0.25) is 0 Å². The van der Waals surface area contributed by atoms with Gasteiger partial charge in [-0.3, -0.25) is 0 Å². The number of thiocarbonyl (C=S) groups is 1. The summed E-state index contributed by atoms with van der Waals surface area (Å²) in [6.07, 6.45) is 2.22. The highest BCUT2D eigenvalue weighted by Gasteiger charge is 1.98. The van der Waals surface area contributed by atoms with Crippen LogP contribution in [0, 0.1) is 0 Å². The zero-order valence-electron chi connectivity index (χ0n) is 6.55. The van der Waals surface area contributed by atoms with Crippen molar-refractivity contribution in [2.24, 2.45) is 0 Å². The molecule has 0 bridgehead atoms. The molecule has 0 spiro atoms. The van der Waals surface area contributed by atoms with E-state index in [-0.39, 0.29) is 0 Å². The van der Waals surface area contributed by atoms with E-state index in [2.05, 4.69) is 10.1 Å². The van der Waals surface area contributed by atoms with Gasteiger partial charge in [0.05, 0.1) is 7.11 Å². The second-order valence-electron chi connectivity index (χ2n) is 1.74. The molecule has 0 rings (SSSR count). The van der Waals surface area contributed by atoms with E-state index in [0.29, 0.717) is 13.0 Å². The minimum Gasteiger partial charge on any atom is -0.453 e. The van der Waals surface area contributed by atoms with Gasteiger partial charge >= 0.3 is 6.09 Å². The molecule has 0 aliphatic rings. The van der Waals surface area contributed by atoms with Crippen molar-refractivity contribution in [1.29, 1.82) is 0 Å². The summed E-state index contributed by atoms with van der Waals surface area (Å²) in [6.45, 7) is 0.548. The molecule has 0 heterocycles. The fourth-order valence-corrected chi connectivity index (χ4v) is 0.849. The first kappa shape index (κ1) is 10.7. The number of hydrogen-bond donors (Lipinski definition) is 1. The van der Waals surface area contributed by atoms with Crippen molar-refractivity contribution in [3.8, 4) is 0 Å². The predicted molar refractivity (Wildman–Crippen MR) is 51.1 cm³/mol. The average molecular weight is 193 g/mol. The number of methoxy groups -OCH3 is 1. The second kappa shape index (κ2) is 6.42. The first-order chi connectivity index (χ1) is 5.20. The van der Waals surface area contributed by atoms with Gasteiger partial charge in [0.25, 0.3) is 0 Å². The maximum absolute atomic E-state index is 10.5. The van der Waals surface area contributed by atoms with Crippen LogP contribution in [0.25, 0.3) is 0 Å². The summed E-state index contributed by atoms with van der Waals surface area (Å²) >= 11 is 6.44. The molecule has 0 aromatic heterocycles. The van der Waals surface area contributed by atoms with Gasteiger partial charge in [-0.05, 0) is 6.26 Å². The quantitative estimate of drug-likeness (QED) is 0.688. The monoisotopic (exact) mass is 193 g/mol. The predicted octanol–water partition coefficient (Wildman–Crippen LogP) is 1.42. The molecule has 0 aromatic carbocycles. The van der Waals surface area contributed by atoms with E-state index in [1.807, 2.05) is 6.26 Å². The van der Waals surface area contributed by atoms with Crippen LogP contribution in [-0.2, 0) is 4.74 Å². The van der Waals surface area contributed by atoms with Gasteiger partial charge in [-0.25, -0.2) is 4.79 Å². The van der Waals surface area contributed by atoms with E-state index in [1.165, 1.54) is 18.9 Å². The van der Waals surface area contributed by atoms with Crippen molar-refractivity contribution >= 4 is 34.3 Å². The molecule has 64 valence electrons. The Morgan fingerprint density at radius 2 is 2.36 bits per heavy atom. The molecule has 0 unspecified atom stereocenters. The second-order valence-corrected chi connectivity index (χ2v) is 3.40. The van der Waals surface area contributed by atoms with Gasteiger partial charge in [-0.2, -0.15) is 0 Å². The van der Waals surface area contributed by atoms with Gasteiger partial charge in [0.2, 0.25) is 0 Å². The number of rotatable bonds is 3. The Balaban J connectivity index is 3.27. The molecule has 0 aromatic rings. The minimum atomic E-state index is -0.408. The Morgan fingerprint density at radius 1 is 1.73 bits per heavy atom. The third-order valence-corrected chi connectivity index (χ3v) is 2.38. The standard InChI is InChI=1S/C6H11NO2S2/c1-9-6(8)7-4-3-5(10)11-2/h3-4H2,1-2H3,(H,7,8). The molecule has 0 aliphatic carbocycles.